The molecule has 0 spiro atoms. The first-order valence-corrected chi connectivity index (χ1v) is 8.49. The molecule has 2 heterocycles. The average molecular weight is 387 g/mol. The number of hydrogen-bond acceptors (Lipinski definition) is 8. The Kier molecular flexibility index (Phi) is 3.95. The summed E-state index contributed by atoms with van der Waals surface area (Å²) in [5.41, 5.74) is 9.20. The van der Waals surface area contributed by atoms with Crippen molar-refractivity contribution in [1.29, 1.82) is 10.5 Å². The van der Waals surface area contributed by atoms with Crippen LogP contribution in [0.3, 0.4) is 0 Å². The van der Waals surface area contributed by atoms with E-state index < -0.39 is 4.92 Å². The van der Waals surface area contributed by atoms with Crippen LogP contribution in [0.4, 0.5) is 11.5 Å². The second-order valence-corrected chi connectivity index (χ2v) is 6.52. The minimum atomic E-state index is -0.511. The number of nitrogens with zero attached hydrogens (tertiary/aromatic N) is 4. The van der Waals surface area contributed by atoms with Gasteiger partial charge in [-0.1, -0.05) is 0 Å². The highest BCUT2D eigenvalue weighted by atomic mass is 16.7. The third-order valence-corrected chi connectivity index (χ3v) is 5.00. The highest BCUT2D eigenvalue weighted by Crippen LogP contribution is 2.46. The Labute approximate surface area is 165 Å². The number of aromatic nitrogens is 1. The molecule has 4 rings (SSSR count). The quantitative estimate of drug-likeness (QED) is 0.609. The number of ether oxygens (including phenoxy) is 2. The molecule has 1 aromatic heterocycles. The Morgan fingerprint density at radius 1 is 1.24 bits per heavy atom. The zero-order chi connectivity index (χ0) is 20.9. The Morgan fingerprint density at radius 3 is 2.55 bits per heavy atom. The average Bonchev–Trinajstić information content (AvgIpc) is 3.23. The normalized spacial score (nSPS) is 15.2. The van der Waals surface area contributed by atoms with Gasteiger partial charge in [0, 0.05) is 5.56 Å². The summed E-state index contributed by atoms with van der Waals surface area (Å²) < 4.78 is 10.6. The van der Waals surface area contributed by atoms with Crippen molar-refractivity contribution in [3.63, 3.8) is 0 Å². The van der Waals surface area contributed by atoms with E-state index in [1.54, 1.807) is 19.9 Å². The number of anilines is 1. The van der Waals surface area contributed by atoms with Gasteiger partial charge in [0.2, 0.25) is 6.79 Å². The highest BCUT2D eigenvalue weighted by molar-refractivity contribution is 6.09. The van der Waals surface area contributed by atoms with Gasteiger partial charge in [-0.2, -0.15) is 10.5 Å². The van der Waals surface area contributed by atoms with Crippen LogP contribution in [-0.4, -0.2) is 16.7 Å². The van der Waals surface area contributed by atoms with Gasteiger partial charge < -0.3 is 15.2 Å². The molecule has 0 fully saturated rings. The monoisotopic (exact) mass is 387 g/mol. The number of rotatable bonds is 2. The van der Waals surface area contributed by atoms with Crippen molar-refractivity contribution < 1.29 is 14.4 Å². The molecule has 0 radical (unpaired) electrons. The van der Waals surface area contributed by atoms with Gasteiger partial charge in [-0.25, -0.2) is 4.98 Å². The van der Waals surface area contributed by atoms with Gasteiger partial charge in [0.15, 0.2) is 11.5 Å². The number of pyridine rings is 1. The maximum atomic E-state index is 11.6. The largest absolute Gasteiger partial charge is 0.454 e. The molecule has 0 amide bonds. The highest BCUT2D eigenvalue weighted by Gasteiger charge is 2.31. The number of hydrogen-bond donors (Lipinski definition) is 1. The molecule has 2 aromatic rings. The third-order valence-electron chi connectivity index (χ3n) is 5.00. The smallest absolute Gasteiger partial charge is 0.280 e. The molecule has 2 N–H and O–H groups in total. The van der Waals surface area contributed by atoms with Crippen molar-refractivity contribution in [2.45, 2.75) is 13.8 Å². The Balaban J connectivity index is 2.02. The van der Waals surface area contributed by atoms with Gasteiger partial charge in [-0.15, -0.1) is 0 Å². The minimum absolute atomic E-state index is 0.0132. The van der Waals surface area contributed by atoms with Crippen LogP contribution in [0, 0.1) is 39.7 Å². The van der Waals surface area contributed by atoms with Crippen LogP contribution in [0.25, 0.3) is 17.2 Å². The fraction of sp³-hybridized carbons (Fsp3) is 0.150. The molecule has 9 heteroatoms. The molecule has 9 nitrogen and oxygen atoms in total. The summed E-state index contributed by atoms with van der Waals surface area (Å²) >= 11 is 0. The molecule has 29 heavy (non-hydrogen) atoms. The number of benzene rings is 1. The summed E-state index contributed by atoms with van der Waals surface area (Å²) in [6.45, 7) is 3.43. The molecule has 0 atom stereocenters. The van der Waals surface area contributed by atoms with Gasteiger partial charge >= 0.3 is 0 Å². The molecule has 1 aliphatic heterocycles. The van der Waals surface area contributed by atoms with Crippen LogP contribution in [0.15, 0.2) is 17.7 Å². The fourth-order valence-electron chi connectivity index (χ4n) is 3.57. The Bertz CT molecular complexity index is 1260. The van der Waals surface area contributed by atoms with Crippen molar-refractivity contribution in [3.05, 3.63) is 55.8 Å². The van der Waals surface area contributed by atoms with Crippen LogP contribution >= 0.6 is 0 Å². The number of nitrogens with two attached hydrogens (primary N) is 1. The lowest BCUT2D eigenvalue weighted by Gasteiger charge is -2.11. The van der Waals surface area contributed by atoms with Crippen molar-refractivity contribution in [1.82, 2.24) is 4.98 Å². The number of nitro groups is 1. The SMILES string of the molecule is CC1=C(C#N)c2nc(N)c(C#N)c(C)c2/C1=C/c1cc2c(cc1[N+](=O)[O-])OCO2. The predicted molar refractivity (Wildman–Crippen MR) is 103 cm³/mol. The van der Waals surface area contributed by atoms with Gasteiger partial charge in [0.1, 0.15) is 18.0 Å². The van der Waals surface area contributed by atoms with Crippen molar-refractivity contribution in [3.8, 4) is 23.6 Å². The topological polar surface area (TPSA) is 148 Å². The van der Waals surface area contributed by atoms with E-state index in [1.807, 2.05) is 6.07 Å². The van der Waals surface area contributed by atoms with E-state index in [9.17, 15) is 20.6 Å². The van der Waals surface area contributed by atoms with Crippen molar-refractivity contribution in [2.24, 2.45) is 0 Å². The lowest BCUT2D eigenvalue weighted by atomic mass is 9.95. The number of fused-ring (bicyclic) bond motifs is 2. The zero-order valence-corrected chi connectivity index (χ0v) is 15.4. The van der Waals surface area contributed by atoms with Gasteiger partial charge in [0.05, 0.1) is 33.4 Å². The van der Waals surface area contributed by atoms with Crippen LogP contribution in [0.5, 0.6) is 11.5 Å². The summed E-state index contributed by atoms with van der Waals surface area (Å²) in [5.74, 6) is 0.736. The number of nitriles is 2. The minimum Gasteiger partial charge on any atom is -0.454 e. The van der Waals surface area contributed by atoms with E-state index in [4.69, 9.17) is 15.2 Å². The number of allylic oxidation sites excluding steroid dienone is 3. The zero-order valence-electron chi connectivity index (χ0n) is 15.4. The summed E-state index contributed by atoms with van der Waals surface area (Å²) in [6.07, 6.45) is 1.60. The van der Waals surface area contributed by atoms with Gasteiger partial charge in [-0.05, 0) is 42.7 Å². The summed E-state index contributed by atoms with van der Waals surface area (Å²) in [5, 5.41) is 30.6. The maximum Gasteiger partial charge on any atom is 0.280 e. The van der Waals surface area contributed by atoms with Crippen molar-refractivity contribution in [2.75, 3.05) is 12.5 Å². The first-order valence-electron chi connectivity index (χ1n) is 8.49. The second kappa shape index (κ2) is 6.36. The van der Waals surface area contributed by atoms with Crippen molar-refractivity contribution >= 4 is 28.7 Å². The van der Waals surface area contributed by atoms with E-state index in [2.05, 4.69) is 11.1 Å². The molecule has 1 aromatic carbocycles. The molecular formula is C20H13N5O4. The first kappa shape index (κ1) is 18.0. The summed E-state index contributed by atoms with van der Waals surface area (Å²) in [7, 11) is 0. The Hall–Kier alpha value is -4.37. The molecular weight excluding hydrogens is 374 g/mol. The predicted octanol–water partition coefficient (Wildman–Crippen LogP) is 3.33. The van der Waals surface area contributed by atoms with Gasteiger partial charge in [0.25, 0.3) is 5.69 Å². The molecule has 0 saturated carbocycles. The van der Waals surface area contributed by atoms with E-state index >= 15 is 0 Å². The molecule has 2 aliphatic rings. The lowest BCUT2D eigenvalue weighted by molar-refractivity contribution is -0.385. The molecule has 0 saturated heterocycles. The Morgan fingerprint density at radius 2 is 1.93 bits per heavy atom. The summed E-state index contributed by atoms with van der Waals surface area (Å²) in [6, 6.07) is 6.98. The van der Waals surface area contributed by atoms with E-state index in [-0.39, 0.29) is 29.4 Å². The van der Waals surface area contributed by atoms with Crippen LogP contribution < -0.4 is 15.2 Å². The second-order valence-electron chi connectivity index (χ2n) is 6.52. The number of nitro benzene ring substituents is 1. The summed E-state index contributed by atoms with van der Waals surface area (Å²) in [4.78, 5) is 15.3. The van der Waals surface area contributed by atoms with Gasteiger partial charge in [-0.3, -0.25) is 10.1 Å². The van der Waals surface area contributed by atoms with Crippen LogP contribution in [0.1, 0.15) is 34.9 Å². The van der Waals surface area contributed by atoms with E-state index in [0.717, 1.165) is 0 Å². The molecule has 142 valence electrons. The van der Waals surface area contributed by atoms with E-state index in [1.165, 1.54) is 12.1 Å². The van der Waals surface area contributed by atoms with Crippen LogP contribution in [0.2, 0.25) is 0 Å². The standard InChI is InChI=1S/C20H13N5O4/c1-9-12(3-11-4-16-17(29-8-28-16)5-15(11)25(26)27)18-10(2)14(7-22)20(23)24-19(18)13(9)6-21/h3-5H,8H2,1-2H3,(H2,23,24)/b12-3+. The molecule has 1 aliphatic carbocycles. The fourth-order valence-corrected chi connectivity index (χ4v) is 3.57. The van der Waals surface area contributed by atoms with Crippen LogP contribution in [-0.2, 0) is 0 Å². The first-order chi connectivity index (χ1) is 13.9. The van der Waals surface area contributed by atoms with E-state index in [0.29, 0.717) is 45.0 Å². The number of nitrogen functional groups attached to an aromatic ring is 1. The third kappa shape index (κ3) is 2.57. The lowest BCUT2D eigenvalue weighted by Crippen LogP contribution is -2.04. The maximum absolute atomic E-state index is 11.6. The molecule has 0 unspecified atom stereocenters. The molecule has 0 bridgehead atoms.